The maximum atomic E-state index is 12.0. The molecule has 0 bridgehead atoms. The quantitative estimate of drug-likeness (QED) is 0.763. The van der Waals surface area contributed by atoms with Gasteiger partial charge in [-0.2, -0.15) is 8.75 Å². The summed E-state index contributed by atoms with van der Waals surface area (Å²) in [4.78, 5) is 12.0. The summed E-state index contributed by atoms with van der Waals surface area (Å²) in [6, 6.07) is 3.14. The van der Waals surface area contributed by atoms with Crippen LogP contribution in [0, 0.1) is 0 Å². The van der Waals surface area contributed by atoms with E-state index in [0.29, 0.717) is 29.4 Å². The van der Waals surface area contributed by atoms with Crippen molar-refractivity contribution in [2.45, 2.75) is 19.4 Å². The molecule has 2 N–H and O–H groups in total. The lowest BCUT2D eigenvalue weighted by Crippen LogP contribution is -2.38. The molecule has 0 aliphatic carbocycles. The lowest BCUT2D eigenvalue weighted by Gasteiger charge is -2.16. The highest BCUT2D eigenvalue weighted by molar-refractivity contribution is 7.00. The number of aromatic nitrogens is 2. The van der Waals surface area contributed by atoms with Crippen molar-refractivity contribution in [3.63, 3.8) is 0 Å². The van der Waals surface area contributed by atoms with Gasteiger partial charge in [-0.1, -0.05) is 11.6 Å². The Kier molecular flexibility index (Phi) is 5.72. The number of anilines is 1. The molecule has 8 heteroatoms. The standard InChI is InChI=1S/C13H17ClN4O2S/c1-8(13(19)15-6-3-7-20-2)16-11-9(14)4-5-10-12(11)18-21-17-10/h4-5,8,16H,3,6-7H2,1-2H3,(H,15,19). The van der Waals surface area contributed by atoms with Crippen molar-refractivity contribution in [1.29, 1.82) is 0 Å². The summed E-state index contributed by atoms with van der Waals surface area (Å²) in [5, 5.41) is 6.47. The van der Waals surface area contributed by atoms with Gasteiger partial charge in [0.25, 0.3) is 0 Å². The van der Waals surface area contributed by atoms with Gasteiger partial charge in [0.2, 0.25) is 5.91 Å². The summed E-state index contributed by atoms with van der Waals surface area (Å²) < 4.78 is 13.3. The molecule has 2 rings (SSSR count). The van der Waals surface area contributed by atoms with Crippen molar-refractivity contribution in [3.8, 4) is 0 Å². The average Bonchev–Trinajstić information content (AvgIpc) is 2.95. The van der Waals surface area contributed by atoms with E-state index in [1.165, 1.54) is 0 Å². The molecule has 1 atom stereocenters. The van der Waals surface area contributed by atoms with Crippen LogP contribution < -0.4 is 10.6 Å². The molecular weight excluding hydrogens is 312 g/mol. The van der Waals surface area contributed by atoms with E-state index in [4.69, 9.17) is 16.3 Å². The predicted octanol–water partition coefficient (Wildman–Crippen LogP) is 2.30. The molecule has 1 unspecified atom stereocenters. The van der Waals surface area contributed by atoms with Crippen LogP contribution in [0.25, 0.3) is 11.0 Å². The van der Waals surface area contributed by atoms with Crippen molar-refractivity contribution in [2.75, 3.05) is 25.6 Å². The Morgan fingerprint density at radius 1 is 1.48 bits per heavy atom. The fourth-order valence-corrected chi connectivity index (χ4v) is 2.58. The average molecular weight is 329 g/mol. The summed E-state index contributed by atoms with van der Waals surface area (Å²) in [5.41, 5.74) is 2.09. The van der Waals surface area contributed by atoms with Crippen molar-refractivity contribution in [1.82, 2.24) is 14.1 Å². The minimum absolute atomic E-state index is 0.0950. The van der Waals surface area contributed by atoms with Crippen LogP contribution in [-0.4, -0.2) is 41.0 Å². The van der Waals surface area contributed by atoms with Gasteiger partial charge < -0.3 is 15.4 Å². The molecule has 114 valence electrons. The molecule has 0 saturated heterocycles. The van der Waals surface area contributed by atoms with Gasteiger partial charge >= 0.3 is 0 Å². The van der Waals surface area contributed by atoms with E-state index in [2.05, 4.69) is 19.4 Å². The number of nitrogens with one attached hydrogen (secondary N) is 2. The Labute approximate surface area is 132 Å². The third-order valence-corrected chi connectivity index (χ3v) is 3.81. The number of hydrogen-bond acceptors (Lipinski definition) is 6. The summed E-state index contributed by atoms with van der Waals surface area (Å²) in [5.74, 6) is -0.0950. The molecule has 6 nitrogen and oxygen atoms in total. The van der Waals surface area contributed by atoms with E-state index in [9.17, 15) is 4.79 Å². The first-order valence-corrected chi connectivity index (χ1v) is 7.68. The molecule has 1 amide bonds. The zero-order chi connectivity index (χ0) is 15.2. The third-order valence-electron chi connectivity index (χ3n) is 2.96. The number of halogens is 1. The van der Waals surface area contributed by atoms with Gasteiger partial charge in [0, 0.05) is 20.3 Å². The SMILES string of the molecule is COCCCNC(=O)C(C)Nc1c(Cl)ccc2nsnc12. The van der Waals surface area contributed by atoms with E-state index in [-0.39, 0.29) is 5.91 Å². The molecule has 1 heterocycles. The lowest BCUT2D eigenvalue weighted by atomic mass is 10.2. The number of amides is 1. The van der Waals surface area contributed by atoms with Crippen LogP contribution >= 0.6 is 23.3 Å². The smallest absolute Gasteiger partial charge is 0.242 e. The highest BCUT2D eigenvalue weighted by atomic mass is 35.5. The maximum Gasteiger partial charge on any atom is 0.242 e. The van der Waals surface area contributed by atoms with Gasteiger partial charge in [-0.15, -0.1) is 0 Å². The largest absolute Gasteiger partial charge is 0.385 e. The van der Waals surface area contributed by atoms with E-state index in [1.54, 1.807) is 20.1 Å². The molecule has 2 aromatic rings. The Bertz CT molecular complexity index is 619. The van der Waals surface area contributed by atoms with Crippen LogP contribution in [0.2, 0.25) is 5.02 Å². The van der Waals surface area contributed by atoms with Crippen LogP contribution in [0.5, 0.6) is 0 Å². The van der Waals surface area contributed by atoms with E-state index in [0.717, 1.165) is 23.7 Å². The molecule has 21 heavy (non-hydrogen) atoms. The maximum absolute atomic E-state index is 12.0. The molecule has 1 aromatic heterocycles. The third kappa shape index (κ3) is 4.03. The Balaban J connectivity index is 2.00. The number of ether oxygens (including phenoxy) is 1. The lowest BCUT2D eigenvalue weighted by molar-refractivity contribution is -0.121. The Morgan fingerprint density at radius 3 is 3.05 bits per heavy atom. The number of carbonyl (C=O) groups is 1. The summed E-state index contributed by atoms with van der Waals surface area (Å²) in [6.07, 6.45) is 0.779. The van der Waals surface area contributed by atoms with Crippen molar-refractivity contribution < 1.29 is 9.53 Å². The van der Waals surface area contributed by atoms with E-state index >= 15 is 0 Å². The Hall–Kier alpha value is -1.44. The molecule has 0 spiro atoms. The Morgan fingerprint density at radius 2 is 2.29 bits per heavy atom. The summed E-state index contributed by atoms with van der Waals surface area (Å²) in [6.45, 7) is 2.98. The minimum atomic E-state index is -0.419. The summed E-state index contributed by atoms with van der Waals surface area (Å²) in [7, 11) is 1.64. The monoisotopic (exact) mass is 328 g/mol. The highest BCUT2D eigenvalue weighted by Crippen LogP contribution is 2.30. The van der Waals surface area contributed by atoms with Crippen LogP contribution in [0.1, 0.15) is 13.3 Å². The number of nitrogens with zero attached hydrogens (tertiary/aromatic N) is 2. The second-order valence-electron chi connectivity index (χ2n) is 4.56. The van der Waals surface area contributed by atoms with E-state index < -0.39 is 6.04 Å². The first-order valence-electron chi connectivity index (χ1n) is 6.57. The molecule has 0 fully saturated rings. The highest BCUT2D eigenvalue weighted by Gasteiger charge is 2.16. The van der Waals surface area contributed by atoms with Gasteiger partial charge in [-0.25, -0.2) is 0 Å². The summed E-state index contributed by atoms with van der Waals surface area (Å²) >= 11 is 7.30. The van der Waals surface area contributed by atoms with Crippen LogP contribution in [0.15, 0.2) is 12.1 Å². The molecule has 0 radical (unpaired) electrons. The van der Waals surface area contributed by atoms with Crippen LogP contribution in [-0.2, 0) is 9.53 Å². The van der Waals surface area contributed by atoms with Gasteiger partial charge in [-0.3, -0.25) is 4.79 Å². The van der Waals surface area contributed by atoms with Crippen LogP contribution in [0.3, 0.4) is 0 Å². The van der Waals surface area contributed by atoms with Crippen molar-refractivity contribution in [3.05, 3.63) is 17.2 Å². The number of carbonyl (C=O) groups excluding carboxylic acids is 1. The number of benzene rings is 1. The fraction of sp³-hybridized carbons (Fsp3) is 0.462. The second kappa shape index (κ2) is 7.53. The topological polar surface area (TPSA) is 76.1 Å². The van der Waals surface area contributed by atoms with Crippen molar-refractivity contribution in [2.24, 2.45) is 0 Å². The number of hydrogen-bond donors (Lipinski definition) is 2. The molecule has 1 aromatic carbocycles. The fourth-order valence-electron chi connectivity index (χ4n) is 1.83. The number of fused-ring (bicyclic) bond motifs is 1. The first-order chi connectivity index (χ1) is 10.1. The molecule has 0 aliphatic heterocycles. The van der Waals surface area contributed by atoms with Gasteiger partial charge in [0.1, 0.15) is 17.1 Å². The normalized spacial score (nSPS) is 12.3. The molecular formula is C13H17ClN4O2S. The molecule has 0 aliphatic rings. The first kappa shape index (κ1) is 15.9. The van der Waals surface area contributed by atoms with Gasteiger partial charge in [0.15, 0.2) is 0 Å². The minimum Gasteiger partial charge on any atom is -0.385 e. The molecule has 0 saturated carbocycles. The number of methoxy groups -OCH3 is 1. The predicted molar refractivity (Wildman–Crippen MR) is 85.0 cm³/mol. The second-order valence-corrected chi connectivity index (χ2v) is 5.49. The van der Waals surface area contributed by atoms with Crippen LogP contribution in [0.4, 0.5) is 5.69 Å². The zero-order valence-electron chi connectivity index (χ0n) is 11.9. The van der Waals surface area contributed by atoms with Gasteiger partial charge in [-0.05, 0) is 25.5 Å². The van der Waals surface area contributed by atoms with Gasteiger partial charge in [0.05, 0.1) is 22.4 Å². The zero-order valence-corrected chi connectivity index (χ0v) is 13.4. The van der Waals surface area contributed by atoms with Crippen molar-refractivity contribution >= 4 is 46.0 Å². The number of rotatable bonds is 7. The van der Waals surface area contributed by atoms with E-state index in [1.807, 2.05) is 6.07 Å².